The molecule has 2 amide bonds. The Morgan fingerprint density at radius 1 is 0.860 bits per heavy atom. The van der Waals surface area contributed by atoms with Gasteiger partial charge in [-0.25, -0.2) is 9.69 Å². The third kappa shape index (κ3) is 9.91. The minimum Gasteiger partial charge on any atom is -0.446 e. The third-order valence-electron chi connectivity index (χ3n) is 9.74. The number of carbonyl (C=O) groups excluding carboxylic acids is 3. The number of rotatable bonds is 18. The van der Waals surface area contributed by atoms with Gasteiger partial charge in [0.1, 0.15) is 18.4 Å². The fourth-order valence-electron chi connectivity index (χ4n) is 7.17. The van der Waals surface area contributed by atoms with E-state index in [1.807, 2.05) is 49.4 Å². The van der Waals surface area contributed by atoms with Crippen LogP contribution in [0, 0.1) is 0 Å². The predicted octanol–water partition coefficient (Wildman–Crippen LogP) is 9.16. The van der Waals surface area contributed by atoms with Crippen molar-refractivity contribution in [2.75, 3.05) is 11.5 Å². The van der Waals surface area contributed by atoms with Gasteiger partial charge < -0.3 is 14.7 Å². The molecule has 1 aliphatic rings. The first-order chi connectivity index (χ1) is 24.3. The first-order valence-corrected chi connectivity index (χ1v) is 18.0. The van der Waals surface area contributed by atoms with Crippen LogP contribution >= 0.6 is 0 Å². The molecule has 0 spiro atoms. The number of ether oxygens (including phenoxy) is 1. The number of amides is 2. The summed E-state index contributed by atoms with van der Waals surface area (Å²) in [5.74, 6) is -0.664. The Morgan fingerprint density at radius 2 is 1.48 bits per heavy atom. The lowest BCUT2D eigenvalue weighted by atomic mass is 9.83. The molecule has 0 aliphatic carbocycles. The van der Waals surface area contributed by atoms with Gasteiger partial charge in [0, 0.05) is 25.2 Å². The van der Waals surface area contributed by atoms with Crippen molar-refractivity contribution >= 4 is 23.5 Å². The van der Waals surface area contributed by atoms with E-state index in [1.165, 1.54) is 22.4 Å². The number of nitrogens with zero attached hydrogens (tertiary/aromatic N) is 2. The second kappa shape index (κ2) is 17.8. The molecule has 1 heterocycles. The van der Waals surface area contributed by atoms with Crippen LogP contribution in [0.25, 0.3) is 0 Å². The second-order valence-electron chi connectivity index (χ2n) is 13.6. The van der Waals surface area contributed by atoms with Crippen LogP contribution in [0.1, 0.15) is 99.4 Å². The average Bonchev–Trinajstić information content (AvgIpc) is 3.52. The van der Waals surface area contributed by atoms with Gasteiger partial charge in [0.05, 0.1) is 12.0 Å². The number of cyclic esters (lactones) is 1. The summed E-state index contributed by atoms with van der Waals surface area (Å²) in [5, 5.41) is 11.7. The molecule has 0 aromatic heterocycles. The highest BCUT2D eigenvalue weighted by Gasteiger charge is 2.40. The zero-order valence-corrected chi connectivity index (χ0v) is 29.4. The summed E-state index contributed by atoms with van der Waals surface area (Å²) >= 11 is 0. The maximum atomic E-state index is 13.2. The summed E-state index contributed by atoms with van der Waals surface area (Å²) in [6, 6.07) is 38.5. The highest BCUT2D eigenvalue weighted by molar-refractivity contribution is 6.04. The number of Topliss-reactive ketones (excluding diaryl/α,β-unsaturated/α-hetero) is 1. The van der Waals surface area contributed by atoms with Crippen molar-refractivity contribution in [2.45, 2.75) is 95.9 Å². The highest BCUT2D eigenvalue weighted by atomic mass is 16.6. The Bertz CT molecular complexity index is 1640. The van der Waals surface area contributed by atoms with Crippen LogP contribution < -0.4 is 4.90 Å². The molecular weight excluding hydrogens is 624 g/mol. The fourth-order valence-corrected chi connectivity index (χ4v) is 7.17. The van der Waals surface area contributed by atoms with Crippen LogP contribution in [-0.4, -0.2) is 40.0 Å². The Kier molecular flexibility index (Phi) is 13.0. The van der Waals surface area contributed by atoms with E-state index in [4.69, 9.17) is 4.74 Å². The van der Waals surface area contributed by atoms with E-state index in [0.717, 1.165) is 42.8 Å². The summed E-state index contributed by atoms with van der Waals surface area (Å²) in [7, 11) is 0. The molecule has 5 rings (SSSR count). The SMILES string of the molecule is CCCC(O)(CCCC(CC)c1cccc(N(Cc2ccccc2)Cc2ccccc2)c1)CC(=O)CC(=O)N1C(=O)OCC1c1ccccc1. The molecular formula is C43H50N2O5. The molecule has 3 unspecified atom stereocenters. The van der Waals surface area contributed by atoms with E-state index in [1.54, 1.807) is 0 Å². The normalized spacial score (nSPS) is 16.0. The molecule has 50 heavy (non-hydrogen) atoms. The number of aliphatic hydroxyl groups is 1. The minimum absolute atomic E-state index is 0.0577. The maximum Gasteiger partial charge on any atom is 0.417 e. The van der Waals surface area contributed by atoms with Crippen LogP contribution in [0.2, 0.25) is 0 Å². The maximum absolute atomic E-state index is 13.2. The van der Waals surface area contributed by atoms with Crippen LogP contribution in [0.15, 0.2) is 115 Å². The van der Waals surface area contributed by atoms with Gasteiger partial charge in [0.25, 0.3) is 0 Å². The molecule has 0 radical (unpaired) electrons. The van der Waals surface area contributed by atoms with E-state index in [0.29, 0.717) is 25.2 Å². The summed E-state index contributed by atoms with van der Waals surface area (Å²) in [6.45, 7) is 5.83. The van der Waals surface area contributed by atoms with Gasteiger partial charge in [0.15, 0.2) is 0 Å². The van der Waals surface area contributed by atoms with E-state index < -0.39 is 30.1 Å². The number of benzene rings is 4. The lowest BCUT2D eigenvalue weighted by molar-refractivity contribution is -0.135. The standard InChI is InChI=1S/C43H50N2O5/c1-3-25-43(49,29-39(46)28-41(47)45-40(32-50-42(45)48)36-20-12-7-13-21-36)26-15-23-35(4-2)37-22-14-24-38(27-37)44(30-33-16-8-5-9-17-33)31-34-18-10-6-11-19-34/h5-14,16-22,24,27,35,40,49H,3-4,15,23,25-26,28-32H2,1-2H3. The smallest absolute Gasteiger partial charge is 0.417 e. The number of carbonyl (C=O) groups is 3. The number of hydrogen-bond acceptors (Lipinski definition) is 6. The van der Waals surface area contributed by atoms with E-state index in [2.05, 4.69) is 84.6 Å². The molecule has 1 N–H and O–H groups in total. The lowest BCUT2D eigenvalue weighted by Crippen LogP contribution is -2.37. The van der Waals surface area contributed by atoms with E-state index in [-0.39, 0.29) is 18.8 Å². The molecule has 1 fully saturated rings. The molecule has 262 valence electrons. The third-order valence-corrected chi connectivity index (χ3v) is 9.74. The summed E-state index contributed by atoms with van der Waals surface area (Å²) < 4.78 is 5.17. The molecule has 7 nitrogen and oxygen atoms in total. The molecule has 7 heteroatoms. The van der Waals surface area contributed by atoms with Gasteiger partial charge >= 0.3 is 6.09 Å². The van der Waals surface area contributed by atoms with Crippen molar-refractivity contribution in [3.8, 4) is 0 Å². The summed E-state index contributed by atoms with van der Waals surface area (Å²) in [5.41, 5.74) is 4.51. The van der Waals surface area contributed by atoms with Gasteiger partial charge in [0.2, 0.25) is 5.91 Å². The van der Waals surface area contributed by atoms with Crippen molar-refractivity contribution in [1.82, 2.24) is 4.90 Å². The average molecular weight is 675 g/mol. The monoisotopic (exact) mass is 674 g/mol. The van der Waals surface area contributed by atoms with Gasteiger partial charge in [-0.05, 0) is 72.4 Å². The van der Waals surface area contributed by atoms with Crippen LogP contribution in [0.4, 0.5) is 10.5 Å². The molecule has 4 aromatic carbocycles. The molecule has 3 atom stereocenters. The number of hydrogen-bond donors (Lipinski definition) is 1. The Balaban J connectivity index is 1.21. The Hall–Kier alpha value is -4.75. The van der Waals surface area contributed by atoms with Crippen molar-refractivity contribution in [3.63, 3.8) is 0 Å². The van der Waals surface area contributed by atoms with Gasteiger partial charge in [-0.3, -0.25) is 9.59 Å². The molecule has 4 aromatic rings. The first kappa shape index (κ1) is 36.5. The topological polar surface area (TPSA) is 87.2 Å². The van der Waals surface area contributed by atoms with Crippen molar-refractivity contribution in [2.24, 2.45) is 0 Å². The zero-order chi connectivity index (χ0) is 35.3. The minimum atomic E-state index is -1.21. The molecule has 0 saturated carbocycles. The van der Waals surface area contributed by atoms with Crippen LogP contribution in [0.5, 0.6) is 0 Å². The predicted molar refractivity (Wildman–Crippen MR) is 198 cm³/mol. The number of imide groups is 1. The van der Waals surface area contributed by atoms with Crippen molar-refractivity contribution < 1.29 is 24.2 Å². The largest absolute Gasteiger partial charge is 0.446 e. The molecule has 1 aliphatic heterocycles. The van der Waals surface area contributed by atoms with Crippen molar-refractivity contribution in [1.29, 1.82) is 0 Å². The van der Waals surface area contributed by atoms with Crippen molar-refractivity contribution in [3.05, 3.63) is 138 Å². The number of ketones is 1. The second-order valence-corrected chi connectivity index (χ2v) is 13.6. The summed E-state index contributed by atoms with van der Waals surface area (Å²) in [6.07, 6.45) is 2.90. The Labute approximate surface area is 296 Å². The zero-order valence-electron chi connectivity index (χ0n) is 29.4. The lowest BCUT2D eigenvalue weighted by Gasteiger charge is -2.29. The first-order valence-electron chi connectivity index (χ1n) is 18.0. The van der Waals surface area contributed by atoms with Gasteiger partial charge in [-0.1, -0.05) is 123 Å². The van der Waals surface area contributed by atoms with Gasteiger partial charge in [-0.2, -0.15) is 0 Å². The molecule has 0 bridgehead atoms. The van der Waals surface area contributed by atoms with E-state index in [9.17, 15) is 19.5 Å². The summed E-state index contributed by atoms with van der Waals surface area (Å²) in [4.78, 5) is 42.3. The Morgan fingerprint density at radius 3 is 2.08 bits per heavy atom. The van der Waals surface area contributed by atoms with Gasteiger partial charge in [-0.15, -0.1) is 0 Å². The number of anilines is 1. The highest BCUT2D eigenvalue weighted by Crippen LogP contribution is 2.34. The fraction of sp³-hybridized carbons (Fsp3) is 0.372. The van der Waals surface area contributed by atoms with E-state index >= 15 is 0 Å². The van der Waals surface area contributed by atoms with Crippen LogP contribution in [0.3, 0.4) is 0 Å². The quantitative estimate of drug-likeness (QED) is 0.106. The molecule has 1 saturated heterocycles. The van der Waals surface area contributed by atoms with Crippen LogP contribution in [-0.2, 0) is 27.4 Å².